The number of halogens is 1. The number of hydrogen-bond donors (Lipinski definition) is 2. The van der Waals surface area contributed by atoms with Crippen LogP contribution in [-0.2, 0) is 19.6 Å². The Bertz CT molecular complexity index is 1220. The van der Waals surface area contributed by atoms with Crippen molar-refractivity contribution in [1.29, 1.82) is 5.26 Å². The molecule has 1 fully saturated rings. The zero-order chi connectivity index (χ0) is 24.0. The van der Waals surface area contributed by atoms with E-state index in [-0.39, 0.29) is 34.3 Å². The second kappa shape index (κ2) is 10.7. The van der Waals surface area contributed by atoms with Gasteiger partial charge in [-0.3, -0.25) is 4.79 Å². The third-order valence-corrected chi connectivity index (χ3v) is 7.11. The predicted molar refractivity (Wildman–Crippen MR) is 125 cm³/mol. The van der Waals surface area contributed by atoms with Gasteiger partial charge >= 0.3 is 0 Å². The number of hydrogen-bond acceptors (Lipinski definition) is 7. The van der Waals surface area contributed by atoms with Gasteiger partial charge < -0.3 is 20.1 Å². The van der Waals surface area contributed by atoms with Gasteiger partial charge in [0.2, 0.25) is 10.0 Å². The van der Waals surface area contributed by atoms with Crippen molar-refractivity contribution >= 4 is 38.9 Å². The first-order valence-electron chi connectivity index (χ1n) is 9.96. The van der Waals surface area contributed by atoms with Crippen LogP contribution in [0.25, 0.3) is 0 Å². The van der Waals surface area contributed by atoms with Gasteiger partial charge in [0.25, 0.3) is 5.91 Å². The molecule has 0 saturated carbocycles. The minimum Gasteiger partial charge on any atom is -0.495 e. The summed E-state index contributed by atoms with van der Waals surface area (Å²) in [5, 5.41) is 15.1. The van der Waals surface area contributed by atoms with Crippen LogP contribution in [0.3, 0.4) is 0 Å². The standard InChI is InChI=1S/C22H23ClN4O5S/c1-15-3-6-21(31-2)20(11-15)26-22(28)16(13-24)14-25-19-12-17(4-5-18(19)23)33(29,30)27-7-9-32-10-8-27/h3-6,11-12,14,25H,7-10H2,1-2H3,(H,26,28)/b16-14-. The lowest BCUT2D eigenvalue weighted by Crippen LogP contribution is -2.40. The van der Waals surface area contributed by atoms with Gasteiger partial charge in [-0.1, -0.05) is 17.7 Å². The summed E-state index contributed by atoms with van der Waals surface area (Å²) >= 11 is 6.20. The second-order valence-corrected chi connectivity index (χ2v) is 9.48. The summed E-state index contributed by atoms with van der Waals surface area (Å²) in [4.78, 5) is 12.7. The van der Waals surface area contributed by atoms with Crippen LogP contribution < -0.4 is 15.4 Å². The highest BCUT2D eigenvalue weighted by Gasteiger charge is 2.27. The van der Waals surface area contributed by atoms with E-state index < -0.39 is 15.9 Å². The van der Waals surface area contributed by atoms with Gasteiger partial charge in [0.1, 0.15) is 17.4 Å². The van der Waals surface area contributed by atoms with E-state index in [0.29, 0.717) is 24.7 Å². The topological polar surface area (TPSA) is 121 Å². The molecular weight excluding hydrogens is 468 g/mol. The van der Waals surface area contributed by atoms with Crippen LogP contribution in [-0.4, -0.2) is 52.0 Å². The van der Waals surface area contributed by atoms with E-state index in [1.807, 2.05) is 19.1 Å². The highest BCUT2D eigenvalue weighted by atomic mass is 35.5. The van der Waals surface area contributed by atoms with Crippen LogP contribution >= 0.6 is 11.6 Å². The van der Waals surface area contributed by atoms with Crippen molar-refractivity contribution in [1.82, 2.24) is 4.31 Å². The molecule has 0 unspecified atom stereocenters. The highest BCUT2D eigenvalue weighted by Crippen LogP contribution is 2.28. The molecule has 0 bridgehead atoms. The molecule has 1 aliphatic heterocycles. The number of methoxy groups -OCH3 is 1. The molecule has 2 N–H and O–H groups in total. The van der Waals surface area contributed by atoms with Crippen molar-refractivity contribution < 1.29 is 22.7 Å². The summed E-state index contributed by atoms with van der Waals surface area (Å²) in [5.41, 5.74) is 1.31. The van der Waals surface area contributed by atoms with Gasteiger partial charge in [-0.25, -0.2) is 8.42 Å². The van der Waals surface area contributed by atoms with E-state index in [1.54, 1.807) is 12.1 Å². The number of nitriles is 1. The second-order valence-electron chi connectivity index (χ2n) is 7.13. The van der Waals surface area contributed by atoms with Crippen molar-refractivity contribution in [2.75, 3.05) is 44.0 Å². The maximum Gasteiger partial charge on any atom is 0.267 e. The Balaban J connectivity index is 1.81. The monoisotopic (exact) mass is 490 g/mol. The van der Waals surface area contributed by atoms with E-state index in [1.165, 1.54) is 35.8 Å². The zero-order valence-electron chi connectivity index (χ0n) is 18.1. The first-order valence-corrected chi connectivity index (χ1v) is 11.8. The Morgan fingerprint density at radius 2 is 1.94 bits per heavy atom. The molecule has 174 valence electrons. The van der Waals surface area contributed by atoms with Crippen molar-refractivity contribution in [2.45, 2.75) is 11.8 Å². The molecule has 9 nitrogen and oxygen atoms in total. The fourth-order valence-corrected chi connectivity index (χ4v) is 4.73. The number of anilines is 2. The summed E-state index contributed by atoms with van der Waals surface area (Å²) in [6, 6.07) is 11.3. The van der Waals surface area contributed by atoms with Crippen LogP contribution in [0.5, 0.6) is 5.75 Å². The Kier molecular flexibility index (Phi) is 7.94. The Morgan fingerprint density at radius 3 is 2.61 bits per heavy atom. The predicted octanol–water partition coefficient (Wildman–Crippen LogP) is 3.14. The first-order chi connectivity index (χ1) is 15.8. The minimum atomic E-state index is -3.74. The third-order valence-electron chi connectivity index (χ3n) is 4.89. The smallest absolute Gasteiger partial charge is 0.267 e. The maximum atomic E-state index is 12.9. The number of aryl methyl sites for hydroxylation is 1. The molecule has 1 heterocycles. The lowest BCUT2D eigenvalue weighted by molar-refractivity contribution is -0.112. The Morgan fingerprint density at radius 1 is 1.21 bits per heavy atom. The van der Waals surface area contributed by atoms with E-state index in [2.05, 4.69) is 10.6 Å². The van der Waals surface area contributed by atoms with Crippen LogP contribution in [0.4, 0.5) is 11.4 Å². The average molecular weight is 491 g/mol. The van der Waals surface area contributed by atoms with Crippen molar-refractivity contribution in [3.8, 4) is 11.8 Å². The summed E-state index contributed by atoms with van der Waals surface area (Å²) in [6.45, 7) is 3.03. The molecular formula is C22H23ClN4O5S. The lowest BCUT2D eigenvalue weighted by atomic mass is 10.2. The van der Waals surface area contributed by atoms with Gasteiger partial charge in [-0.05, 0) is 42.8 Å². The molecule has 11 heteroatoms. The van der Waals surface area contributed by atoms with Gasteiger partial charge in [-0.15, -0.1) is 0 Å². The number of nitrogens with one attached hydrogen (secondary N) is 2. The molecule has 0 spiro atoms. The van der Waals surface area contributed by atoms with Gasteiger partial charge in [0.05, 0.1) is 41.6 Å². The van der Waals surface area contributed by atoms with Crippen LogP contribution in [0, 0.1) is 18.3 Å². The quantitative estimate of drug-likeness (QED) is 0.451. The summed E-state index contributed by atoms with van der Waals surface area (Å²) in [6.07, 6.45) is 1.17. The Hall–Kier alpha value is -3.10. The molecule has 1 saturated heterocycles. The summed E-state index contributed by atoms with van der Waals surface area (Å²) < 4.78 is 37.6. The highest BCUT2D eigenvalue weighted by molar-refractivity contribution is 7.89. The number of nitrogens with zero attached hydrogens (tertiary/aromatic N) is 2. The molecule has 3 rings (SSSR count). The SMILES string of the molecule is COc1ccc(C)cc1NC(=O)/C(C#N)=C\Nc1cc(S(=O)(=O)N2CCOCC2)ccc1Cl. The number of rotatable bonds is 7. The maximum absolute atomic E-state index is 12.9. The molecule has 33 heavy (non-hydrogen) atoms. The molecule has 0 atom stereocenters. The van der Waals surface area contributed by atoms with Crippen LogP contribution in [0.15, 0.2) is 53.1 Å². The van der Waals surface area contributed by atoms with Crippen LogP contribution in [0.1, 0.15) is 5.56 Å². The number of benzene rings is 2. The normalized spacial score (nSPS) is 14.9. The Labute approximate surface area is 197 Å². The molecule has 2 aromatic carbocycles. The molecule has 0 radical (unpaired) electrons. The van der Waals surface area contributed by atoms with Crippen molar-refractivity contribution in [3.63, 3.8) is 0 Å². The molecule has 1 amide bonds. The lowest BCUT2D eigenvalue weighted by Gasteiger charge is -2.26. The number of carbonyl (C=O) groups excluding carboxylic acids is 1. The number of sulfonamides is 1. The minimum absolute atomic E-state index is 0.0390. The molecule has 1 aliphatic rings. The van der Waals surface area contributed by atoms with Gasteiger partial charge in [-0.2, -0.15) is 9.57 Å². The first kappa shape index (κ1) is 24.5. The molecule has 2 aromatic rings. The van der Waals surface area contributed by atoms with Gasteiger partial charge in [0, 0.05) is 19.3 Å². The number of morpholine rings is 1. The fraction of sp³-hybridized carbons (Fsp3) is 0.273. The molecule has 0 aliphatic carbocycles. The number of carbonyl (C=O) groups is 1. The third kappa shape index (κ3) is 5.83. The molecule has 0 aromatic heterocycles. The van der Waals surface area contributed by atoms with E-state index >= 15 is 0 Å². The van der Waals surface area contributed by atoms with Gasteiger partial charge in [0.15, 0.2) is 0 Å². The largest absolute Gasteiger partial charge is 0.495 e. The van der Waals surface area contributed by atoms with E-state index in [4.69, 9.17) is 21.1 Å². The van der Waals surface area contributed by atoms with Crippen molar-refractivity contribution in [2.24, 2.45) is 0 Å². The summed E-state index contributed by atoms with van der Waals surface area (Å²) in [5.74, 6) is -0.217. The van der Waals surface area contributed by atoms with Crippen molar-refractivity contribution in [3.05, 3.63) is 58.8 Å². The average Bonchev–Trinajstić information content (AvgIpc) is 2.81. The van der Waals surface area contributed by atoms with Crippen LogP contribution in [0.2, 0.25) is 5.02 Å². The zero-order valence-corrected chi connectivity index (χ0v) is 19.7. The number of ether oxygens (including phenoxy) is 2. The number of amides is 1. The van der Waals surface area contributed by atoms with E-state index in [0.717, 1.165) is 5.56 Å². The van der Waals surface area contributed by atoms with E-state index in [9.17, 15) is 18.5 Å². The fourth-order valence-electron chi connectivity index (χ4n) is 3.12. The summed E-state index contributed by atoms with van der Waals surface area (Å²) in [7, 11) is -2.26.